The number of carbonyl (C=O) groups excluding carboxylic acids is 3. The first-order chi connectivity index (χ1) is 17.0. The Bertz CT molecular complexity index is 1540. The third-order valence-electron chi connectivity index (χ3n) is 7.01. The fourth-order valence-electron chi connectivity index (χ4n) is 5.01. The number of nitrogens with zero attached hydrogens (tertiary/aromatic N) is 1. The Kier molecular flexibility index (Phi) is 5.06. The summed E-state index contributed by atoms with van der Waals surface area (Å²) in [6.45, 7) is 7.72. The topological polar surface area (TPSA) is 142 Å². The van der Waals surface area contributed by atoms with Crippen molar-refractivity contribution >= 4 is 28.4 Å². The van der Waals surface area contributed by atoms with Crippen LogP contribution in [-0.2, 0) is 15.0 Å². The maximum absolute atomic E-state index is 13.9. The van der Waals surface area contributed by atoms with E-state index in [-0.39, 0.29) is 45.6 Å². The molecule has 2 aromatic carbocycles. The van der Waals surface area contributed by atoms with Gasteiger partial charge in [0.1, 0.15) is 39.8 Å². The number of aromatic amines is 1. The summed E-state index contributed by atoms with van der Waals surface area (Å²) < 4.78 is 5.80. The average molecular weight is 488 g/mol. The van der Waals surface area contributed by atoms with Gasteiger partial charge in [0.15, 0.2) is 17.3 Å². The molecular formula is C27H25N3O6. The van der Waals surface area contributed by atoms with E-state index in [0.717, 1.165) is 11.0 Å². The molecule has 0 radical (unpaired) electrons. The first kappa shape index (κ1) is 23.3. The zero-order chi connectivity index (χ0) is 26.1. The Morgan fingerprint density at radius 1 is 1.17 bits per heavy atom. The fourth-order valence-corrected chi connectivity index (χ4v) is 5.01. The van der Waals surface area contributed by atoms with Gasteiger partial charge in [0, 0.05) is 17.3 Å². The quantitative estimate of drug-likeness (QED) is 0.247. The van der Waals surface area contributed by atoms with Crippen LogP contribution < -0.4 is 10.1 Å². The van der Waals surface area contributed by atoms with E-state index in [0.29, 0.717) is 11.5 Å². The van der Waals surface area contributed by atoms with Crippen molar-refractivity contribution in [2.75, 3.05) is 0 Å². The molecule has 1 aromatic heterocycles. The molecule has 2 heterocycles. The van der Waals surface area contributed by atoms with Gasteiger partial charge in [0.05, 0.1) is 28.2 Å². The van der Waals surface area contributed by atoms with E-state index in [1.807, 2.05) is 31.2 Å². The Balaban J connectivity index is 1.60. The van der Waals surface area contributed by atoms with Crippen LogP contribution in [0.3, 0.4) is 0 Å². The van der Waals surface area contributed by atoms with Crippen molar-refractivity contribution in [1.29, 1.82) is 0 Å². The molecule has 0 unspecified atom stereocenters. The van der Waals surface area contributed by atoms with E-state index in [1.165, 1.54) is 26.8 Å². The number of hydrogen-bond donors (Lipinski definition) is 4. The summed E-state index contributed by atoms with van der Waals surface area (Å²) in [6.07, 6.45) is 1.20. The summed E-state index contributed by atoms with van der Waals surface area (Å²) in [7, 11) is 0. The standard InChI is InChI=1S/C27H25N3O6/c1-11-22(33)20(14(4)31)24-21(23(11)34)27(5)18(36-24)10-17(32)19(25(27)35)12(2)28-13(3)26-29-15-8-6-7-9-16(15)30-26/h6-10,13,28,33-34H,1-5H3,(H,29,30)/b19-12+/t13-,27-/m1/s1. The van der Waals surface area contributed by atoms with Gasteiger partial charge in [-0.25, -0.2) is 4.98 Å². The normalized spacial score (nSPS) is 21.0. The molecule has 1 aliphatic heterocycles. The lowest BCUT2D eigenvalue weighted by Crippen LogP contribution is -2.41. The molecular weight excluding hydrogens is 462 g/mol. The number of para-hydroxylation sites is 2. The molecule has 0 bridgehead atoms. The molecule has 4 N–H and O–H groups in total. The lowest BCUT2D eigenvalue weighted by Gasteiger charge is -2.29. The third-order valence-corrected chi connectivity index (χ3v) is 7.01. The van der Waals surface area contributed by atoms with Gasteiger partial charge in [-0.1, -0.05) is 12.1 Å². The monoisotopic (exact) mass is 487 g/mol. The highest BCUT2D eigenvalue weighted by atomic mass is 16.5. The lowest BCUT2D eigenvalue weighted by atomic mass is 9.70. The number of aromatic nitrogens is 2. The van der Waals surface area contributed by atoms with Crippen LogP contribution in [0.5, 0.6) is 17.2 Å². The van der Waals surface area contributed by atoms with Gasteiger partial charge in [-0.15, -0.1) is 0 Å². The minimum atomic E-state index is -1.56. The number of imidazole rings is 1. The number of aromatic hydroxyl groups is 2. The number of ether oxygens (including phenoxy) is 1. The van der Waals surface area contributed by atoms with Crippen LogP contribution in [0.1, 0.15) is 61.0 Å². The van der Waals surface area contributed by atoms with Gasteiger partial charge >= 0.3 is 0 Å². The number of H-pyrrole nitrogens is 1. The molecule has 0 amide bonds. The maximum Gasteiger partial charge on any atom is 0.194 e. The van der Waals surface area contributed by atoms with Gasteiger partial charge in [-0.3, -0.25) is 14.4 Å². The van der Waals surface area contributed by atoms with Crippen molar-refractivity contribution in [2.24, 2.45) is 0 Å². The third kappa shape index (κ3) is 3.08. The second-order valence-electron chi connectivity index (χ2n) is 9.39. The number of Topliss-reactive ketones (excluding diaryl/α,β-unsaturated/α-hetero) is 2. The minimum absolute atomic E-state index is 0.00261. The number of rotatable bonds is 4. The second-order valence-corrected chi connectivity index (χ2v) is 9.39. The van der Waals surface area contributed by atoms with Crippen LogP contribution in [0.25, 0.3) is 11.0 Å². The summed E-state index contributed by atoms with van der Waals surface area (Å²) in [5, 5.41) is 24.6. The number of nitrogens with one attached hydrogen (secondary N) is 2. The number of hydrogen-bond acceptors (Lipinski definition) is 8. The molecule has 5 rings (SSSR count). The molecule has 0 spiro atoms. The molecule has 2 atom stereocenters. The number of phenolic OH excluding ortho intramolecular Hbond substituents is 2. The number of carbonyl (C=O) groups is 3. The summed E-state index contributed by atoms with van der Waals surface area (Å²) in [6, 6.07) is 7.22. The molecule has 36 heavy (non-hydrogen) atoms. The Morgan fingerprint density at radius 3 is 2.53 bits per heavy atom. The number of ketones is 3. The van der Waals surface area contributed by atoms with Gasteiger partial charge in [-0.2, -0.15) is 0 Å². The van der Waals surface area contributed by atoms with Crippen molar-refractivity contribution < 1.29 is 29.3 Å². The summed E-state index contributed by atoms with van der Waals surface area (Å²) in [4.78, 5) is 47.1. The van der Waals surface area contributed by atoms with E-state index in [1.54, 1.807) is 6.92 Å². The number of fused-ring (bicyclic) bond motifs is 4. The molecule has 0 fully saturated rings. The van der Waals surface area contributed by atoms with Crippen molar-refractivity contribution in [3.05, 3.63) is 69.9 Å². The fraction of sp³-hybridized carbons (Fsp3) is 0.259. The van der Waals surface area contributed by atoms with E-state index < -0.39 is 28.5 Å². The summed E-state index contributed by atoms with van der Waals surface area (Å²) >= 11 is 0. The second kappa shape index (κ2) is 7.81. The summed E-state index contributed by atoms with van der Waals surface area (Å²) in [5.41, 5.74) is 0.321. The lowest BCUT2D eigenvalue weighted by molar-refractivity contribution is -0.123. The molecule has 1 aliphatic carbocycles. The van der Waals surface area contributed by atoms with E-state index >= 15 is 0 Å². The van der Waals surface area contributed by atoms with Crippen LogP contribution >= 0.6 is 0 Å². The highest BCUT2D eigenvalue weighted by Gasteiger charge is 2.56. The number of phenols is 2. The van der Waals surface area contributed by atoms with E-state index in [9.17, 15) is 24.6 Å². The average Bonchev–Trinajstić information content (AvgIpc) is 3.37. The summed E-state index contributed by atoms with van der Waals surface area (Å²) in [5.74, 6) is -1.90. The number of benzene rings is 2. The minimum Gasteiger partial charge on any atom is -0.507 e. The molecule has 2 aliphatic rings. The largest absolute Gasteiger partial charge is 0.507 e. The van der Waals surface area contributed by atoms with Gasteiger partial charge in [-0.05, 0) is 46.8 Å². The highest BCUT2D eigenvalue weighted by molar-refractivity contribution is 6.31. The predicted molar refractivity (Wildman–Crippen MR) is 131 cm³/mol. The highest BCUT2D eigenvalue weighted by Crippen LogP contribution is 2.57. The van der Waals surface area contributed by atoms with Crippen molar-refractivity contribution in [2.45, 2.75) is 46.1 Å². The van der Waals surface area contributed by atoms with Crippen molar-refractivity contribution in [3.63, 3.8) is 0 Å². The molecule has 0 saturated carbocycles. The van der Waals surface area contributed by atoms with E-state index in [2.05, 4.69) is 15.3 Å². The van der Waals surface area contributed by atoms with Gasteiger partial charge in [0.25, 0.3) is 0 Å². The Hall–Kier alpha value is -4.40. The van der Waals surface area contributed by atoms with Gasteiger partial charge in [0.2, 0.25) is 0 Å². The van der Waals surface area contributed by atoms with Crippen LogP contribution in [-0.4, -0.2) is 37.5 Å². The Morgan fingerprint density at radius 2 is 1.86 bits per heavy atom. The molecule has 9 heteroatoms. The molecule has 0 saturated heterocycles. The number of allylic oxidation sites excluding steroid dienone is 4. The van der Waals surface area contributed by atoms with Crippen molar-refractivity contribution in [1.82, 2.24) is 15.3 Å². The van der Waals surface area contributed by atoms with Gasteiger partial charge < -0.3 is 25.3 Å². The predicted octanol–water partition coefficient (Wildman–Crippen LogP) is 3.80. The molecule has 9 nitrogen and oxygen atoms in total. The zero-order valence-corrected chi connectivity index (χ0v) is 20.4. The van der Waals surface area contributed by atoms with Crippen LogP contribution in [0.15, 0.2) is 47.4 Å². The van der Waals surface area contributed by atoms with E-state index in [4.69, 9.17) is 4.74 Å². The first-order valence-electron chi connectivity index (χ1n) is 11.5. The zero-order valence-electron chi connectivity index (χ0n) is 20.4. The molecule has 184 valence electrons. The maximum atomic E-state index is 13.9. The van der Waals surface area contributed by atoms with Crippen LogP contribution in [0, 0.1) is 6.92 Å². The molecule has 3 aromatic rings. The SMILES string of the molecule is CC(=O)c1c(O)c(C)c(O)c2c1OC1=CC(=O)/C(=C(/C)N[C@H](C)c3nc4ccccc4[nH]3)C(=O)[C@]12C. The smallest absolute Gasteiger partial charge is 0.194 e. The van der Waals surface area contributed by atoms with Crippen molar-refractivity contribution in [3.8, 4) is 17.2 Å². The Labute approximate surface area is 206 Å². The van der Waals surface area contributed by atoms with Crippen LogP contribution in [0.2, 0.25) is 0 Å². The first-order valence-corrected chi connectivity index (χ1v) is 11.5. The van der Waals surface area contributed by atoms with Crippen LogP contribution in [0.4, 0.5) is 0 Å².